The molecule has 25 heavy (non-hydrogen) atoms. The van der Waals surface area contributed by atoms with Crippen molar-refractivity contribution in [2.24, 2.45) is 5.92 Å². The van der Waals surface area contributed by atoms with Gasteiger partial charge in [0, 0.05) is 43.9 Å². The highest BCUT2D eigenvalue weighted by Crippen LogP contribution is 2.32. The second-order valence-corrected chi connectivity index (χ2v) is 7.57. The van der Waals surface area contributed by atoms with Crippen LogP contribution in [0.15, 0.2) is 23.1 Å². The van der Waals surface area contributed by atoms with Crippen molar-refractivity contribution in [2.45, 2.75) is 50.2 Å². The molecule has 0 aromatic carbocycles. The molecule has 6 nitrogen and oxygen atoms in total. The highest BCUT2D eigenvalue weighted by Gasteiger charge is 2.38. The maximum Gasteiger partial charge on any atom is 0.248 e. The van der Waals surface area contributed by atoms with E-state index in [0.717, 1.165) is 63.9 Å². The van der Waals surface area contributed by atoms with Crippen molar-refractivity contribution in [3.8, 4) is 0 Å². The van der Waals surface area contributed by atoms with Gasteiger partial charge < -0.3 is 19.9 Å². The monoisotopic (exact) mass is 345 g/mol. The van der Waals surface area contributed by atoms with Crippen LogP contribution in [0.3, 0.4) is 0 Å². The number of aromatic nitrogens is 1. The number of morpholine rings is 1. The fourth-order valence-electron chi connectivity index (χ4n) is 4.64. The zero-order valence-corrected chi connectivity index (χ0v) is 14.6. The topological polar surface area (TPSA) is 74.4 Å². The first-order valence-electron chi connectivity index (χ1n) is 9.53. The van der Waals surface area contributed by atoms with E-state index in [9.17, 15) is 9.59 Å². The van der Waals surface area contributed by atoms with E-state index in [0.29, 0.717) is 24.0 Å². The van der Waals surface area contributed by atoms with Gasteiger partial charge in [-0.25, -0.2) is 0 Å². The molecule has 2 N–H and O–H groups in total. The van der Waals surface area contributed by atoms with Gasteiger partial charge in [0.15, 0.2) is 0 Å². The summed E-state index contributed by atoms with van der Waals surface area (Å²) >= 11 is 0. The summed E-state index contributed by atoms with van der Waals surface area (Å²) in [7, 11) is 0. The summed E-state index contributed by atoms with van der Waals surface area (Å²) in [5.41, 5.74) is 1.05. The molecule has 3 heterocycles. The van der Waals surface area contributed by atoms with Gasteiger partial charge in [-0.15, -0.1) is 0 Å². The summed E-state index contributed by atoms with van der Waals surface area (Å²) in [6.07, 6.45) is 6.71. The number of likely N-dealkylation sites (tertiary alicyclic amines) is 1. The number of carbonyl (C=O) groups is 1. The van der Waals surface area contributed by atoms with Gasteiger partial charge in [-0.2, -0.15) is 0 Å². The number of amides is 1. The number of aromatic amines is 1. The highest BCUT2D eigenvalue weighted by molar-refractivity contribution is 5.79. The predicted octanol–water partition coefficient (Wildman–Crippen LogP) is 1.24. The number of rotatable bonds is 2. The molecule has 0 radical (unpaired) electrons. The number of nitrogens with zero attached hydrogens (tertiary/aromatic N) is 1. The number of piperidine rings is 1. The van der Waals surface area contributed by atoms with Crippen LogP contribution >= 0.6 is 0 Å². The SMILES string of the molecule is O=C([C@H]1CC[C@H]2OCCN[C@@H]2C1)N1CCC(c2cc[nH]c(=O)c2)CC1. The Morgan fingerprint density at radius 2 is 2.04 bits per heavy atom. The van der Waals surface area contributed by atoms with Crippen molar-refractivity contribution >= 4 is 5.91 Å². The van der Waals surface area contributed by atoms with E-state index >= 15 is 0 Å². The second-order valence-electron chi connectivity index (χ2n) is 7.57. The van der Waals surface area contributed by atoms with Crippen molar-refractivity contribution in [3.63, 3.8) is 0 Å². The lowest BCUT2D eigenvalue weighted by Gasteiger charge is -2.41. The fourth-order valence-corrected chi connectivity index (χ4v) is 4.64. The third kappa shape index (κ3) is 3.65. The molecule has 0 bridgehead atoms. The standard InChI is InChI=1S/C19H27N3O3/c23-18-12-14(3-6-21-18)13-4-8-22(9-5-13)19(24)15-1-2-17-16(11-15)20-7-10-25-17/h3,6,12-13,15-17,20H,1-2,4-5,7-11H2,(H,21,23)/t15-,16+,17+/m0/s1. The third-order valence-corrected chi connectivity index (χ3v) is 6.05. The van der Waals surface area contributed by atoms with Gasteiger partial charge in [-0.3, -0.25) is 9.59 Å². The first kappa shape index (κ1) is 16.8. The number of fused-ring (bicyclic) bond motifs is 1. The van der Waals surface area contributed by atoms with Gasteiger partial charge in [-0.1, -0.05) is 0 Å². The predicted molar refractivity (Wildman–Crippen MR) is 94.5 cm³/mol. The van der Waals surface area contributed by atoms with Crippen LogP contribution in [0, 0.1) is 5.92 Å². The molecule has 0 spiro atoms. The van der Waals surface area contributed by atoms with Crippen LogP contribution in [-0.4, -0.2) is 54.2 Å². The minimum absolute atomic E-state index is 0.0463. The smallest absolute Gasteiger partial charge is 0.248 e. The van der Waals surface area contributed by atoms with E-state index in [4.69, 9.17) is 4.74 Å². The highest BCUT2D eigenvalue weighted by atomic mass is 16.5. The molecule has 4 rings (SSSR count). The minimum Gasteiger partial charge on any atom is -0.375 e. The van der Waals surface area contributed by atoms with Crippen LogP contribution < -0.4 is 10.9 Å². The molecule has 1 aromatic heterocycles. The van der Waals surface area contributed by atoms with Crippen molar-refractivity contribution in [1.29, 1.82) is 0 Å². The Morgan fingerprint density at radius 3 is 2.84 bits per heavy atom. The first-order valence-corrected chi connectivity index (χ1v) is 9.53. The van der Waals surface area contributed by atoms with Gasteiger partial charge in [-0.05, 0) is 49.7 Å². The zero-order chi connectivity index (χ0) is 17.2. The molecule has 2 saturated heterocycles. The quantitative estimate of drug-likeness (QED) is 0.846. The number of hydrogen-bond acceptors (Lipinski definition) is 4. The molecule has 3 fully saturated rings. The average molecular weight is 345 g/mol. The Hall–Kier alpha value is -1.66. The molecule has 1 aliphatic carbocycles. The van der Waals surface area contributed by atoms with Crippen LogP contribution in [0.1, 0.15) is 43.6 Å². The molecular weight excluding hydrogens is 318 g/mol. The van der Waals surface area contributed by atoms with Gasteiger partial charge in [0.05, 0.1) is 12.7 Å². The van der Waals surface area contributed by atoms with Crippen LogP contribution in [-0.2, 0) is 9.53 Å². The summed E-state index contributed by atoms with van der Waals surface area (Å²) < 4.78 is 5.81. The number of H-pyrrole nitrogens is 1. The van der Waals surface area contributed by atoms with E-state index in [1.54, 1.807) is 12.3 Å². The molecule has 1 aromatic rings. The van der Waals surface area contributed by atoms with Crippen molar-refractivity contribution < 1.29 is 9.53 Å². The maximum absolute atomic E-state index is 12.9. The van der Waals surface area contributed by atoms with E-state index in [1.165, 1.54) is 0 Å². The fraction of sp³-hybridized carbons (Fsp3) is 0.684. The summed E-state index contributed by atoms with van der Waals surface area (Å²) in [5, 5.41) is 3.51. The molecule has 6 heteroatoms. The molecule has 1 amide bonds. The summed E-state index contributed by atoms with van der Waals surface area (Å²) in [5.74, 6) is 0.831. The molecule has 2 aliphatic heterocycles. The number of hydrogen-bond donors (Lipinski definition) is 2. The Labute approximate surface area is 147 Å². The summed E-state index contributed by atoms with van der Waals surface area (Å²) in [6.45, 7) is 3.27. The molecule has 3 aliphatic rings. The van der Waals surface area contributed by atoms with Crippen LogP contribution in [0.2, 0.25) is 0 Å². The Kier molecular flexibility index (Phi) is 4.90. The Balaban J connectivity index is 1.33. The Bertz CT molecular complexity index is 666. The lowest BCUT2D eigenvalue weighted by atomic mass is 9.81. The largest absolute Gasteiger partial charge is 0.375 e. The van der Waals surface area contributed by atoms with Crippen LogP contribution in [0.5, 0.6) is 0 Å². The molecule has 1 saturated carbocycles. The number of nitrogens with one attached hydrogen (secondary N) is 2. The third-order valence-electron chi connectivity index (χ3n) is 6.05. The van der Waals surface area contributed by atoms with Crippen LogP contribution in [0.4, 0.5) is 0 Å². The number of ether oxygens (including phenoxy) is 1. The van der Waals surface area contributed by atoms with Crippen molar-refractivity contribution in [1.82, 2.24) is 15.2 Å². The normalized spacial score (nSPS) is 30.7. The van der Waals surface area contributed by atoms with E-state index in [-0.39, 0.29) is 11.5 Å². The zero-order valence-electron chi connectivity index (χ0n) is 14.6. The van der Waals surface area contributed by atoms with E-state index < -0.39 is 0 Å². The van der Waals surface area contributed by atoms with Crippen molar-refractivity contribution in [3.05, 3.63) is 34.2 Å². The summed E-state index contributed by atoms with van der Waals surface area (Å²) in [4.78, 5) is 29.1. The lowest BCUT2D eigenvalue weighted by Crippen LogP contribution is -2.53. The number of pyridine rings is 1. The van der Waals surface area contributed by atoms with Gasteiger partial charge in [0.1, 0.15) is 0 Å². The van der Waals surface area contributed by atoms with Crippen LogP contribution in [0.25, 0.3) is 0 Å². The van der Waals surface area contributed by atoms with E-state index in [1.807, 2.05) is 11.0 Å². The van der Waals surface area contributed by atoms with Gasteiger partial charge >= 0.3 is 0 Å². The Morgan fingerprint density at radius 1 is 1.20 bits per heavy atom. The molecule has 3 atom stereocenters. The van der Waals surface area contributed by atoms with Gasteiger partial charge in [0.2, 0.25) is 11.5 Å². The molecular formula is C19H27N3O3. The molecule has 0 unspecified atom stereocenters. The summed E-state index contributed by atoms with van der Waals surface area (Å²) in [6, 6.07) is 4.02. The maximum atomic E-state index is 12.9. The average Bonchev–Trinajstić information content (AvgIpc) is 2.67. The molecule has 136 valence electrons. The van der Waals surface area contributed by atoms with Gasteiger partial charge in [0.25, 0.3) is 0 Å². The first-order chi connectivity index (χ1) is 12.2. The second kappa shape index (κ2) is 7.30. The van der Waals surface area contributed by atoms with Crippen molar-refractivity contribution in [2.75, 3.05) is 26.2 Å². The minimum atomic E-state index is -0.0463. The number of carbonyl (C=O) groups excluding carboxylic acids is 1. The van der Waals surface area contributed by atoms with E-state index in [2.05, 4.69) is 10.3 Å². The lowest BCUT2D eigenvalue weighted by molar-refractivity contribution is -0.140.